The zero-order chi connectivity index (χ0) is 15.0. The van der Waals surface area contributed by atoms with E-state index in [0.29, 0.717) is 16.3 Å². The van der Waals surface area contributed by atoms with Gasteiger partial charge in [-0.3, -0.25) is 0 Å². The standard InChI is InChI=1S/C14H21ClN2O2S/c1-10-12(15)8-11(9-13(10)16)20(18,19)17-14(2)6-4-3-5-7-14/h8-9,17H,3-7,16H2,1-2H3. The minimum atomic E-state index is -3.59. The molecule has 0 saturated heterocycles. The molecule has 0 atom stereocenters. The van der Waals surface area contributed by atoms with Gasteiger partial charge in [0.1, 0.15) is 0 Å². The van der Waals surface area contributed by atoms with Gasteiger partial charge in [-0.05, 0) is 44.4 Å². The van der Waals surface area contributed by atoms with Crippen molar-refractivity contribution in [3.63, 3.8) is 0 Å². The fraction of sp³-hybridized carbons (Fsp3) is 0.571. The molecular weight excluding hydrogens is 296 g/mol. The Morgan fingerprint density at radius 2 is 1.85 bits per heavy atom. The Labute approximate surface area is 125 Å². The summed E-state index contributed by atoms with van der Waals surface area (Å²) in [5.74, 6) is 0. The van der Waals surface area contributed by atoms with Gasteiger partial charge < -0.3 is 5.73 Å². The summed E-state index contributed by atoms with van der Waals surface area (Å²) in [6, 6.07) is 2.93. The highest BCUT2D eigenvalue weighted by atomic mass is 35.5. The predicted molar refractivity (Wildman–Crippen MR) is 82.4 cm³/mol. The first kappa shape index (κ1) is 15.6. The second-order valence-corrected chi connectivity index (χ2v) is 7.94. The smallest absolute Gasteiger partial charge is 0.241 e. The van der Waals surface area contributed by atoms with E-state index in [4.69, 9.17) is 17.3 Å². The Hall–Kier alpha value is -0.780. The van der Waals surface area contributed by atoms with Crippen LogP contribution in [0.2, 0.25) is 5.02 Å². The second kappa shape index (κ2) is 5.54. The zero-order valence-electron chi connectivity index (χ0n) is 11.9. The molecule has 1 fully saturated rings. The Morgan fingerprint density at radius 3 is 2.40 bits per heavy atom. The van der Waals surface area contributed by atoms with Crippen molar-refractivity contribution in [1.82, 2.24) is 4.72 Å². The molecule has 1 saturated carbocycles. The maximum atomic E-state index is 12.5. The average molecular weight is 317 g/mol. The van der Waals surface area contributed by atoms with Crippen LogP contribution in [0, 0.1) is 6.92 Å². The predicted octanol–water partition coefficient (Wildman–Crippen LogP) is 3.23. The Morgan fingerprint density at radius 1 is 1.25 bits per heavy atom. The highest BCUT2D eigenvalue weighted by Gasteiger charge is 2.32. The zero-order valence-corrected chi connectivity index (χ0v) is 13.4. The summed E-state index contributed by atoms with van der Waals surface area (Å²) in [5, 5.41) is 0.374. The number of hydrogen-bond acceptors (Lipinski definition) is 3. The lowest BCUT2D eigenvalue weighted by Crippen LogP contribution is -2.47. The number of benzene rings is 1. The number of nitrogen functional groups attached to an aromatic ring is 1. The molecule has 4 nitrogen and oxygen atoms in total. The van der Waals surface area contributed by atoms with Crippen molar-refractivity contribution in [2.45, 2.75) is 56.4 Å². The summed E-state index contributed by atoms with van der Waals surface area (Å²) >= 11 is 6.03. The topological polar surface area (TPSA) is 72.2 Å². The van der Waals surface area contributed by atoms with Crippen LogP contribution in [-0.4, -0.2) is 14.0 Å². The molecule has 0 unspecified atom stereocenters. The molecule has 0 aromatic heterocycles. The van der Waals surface area contributed by atoms with E-state index in [9.17, 15) is 8.42 Å². The van der Waals surface area contributed by atoms with Gasteiger partial charge in [-0.2, -0.15) is 0 Å². The van der Waals surface area contributed by atoms with Crippen LogP contribution in [0.1, 0.15) is 44.6 Å². The molecule has 0 amide bonds. The Bertz CT molecular complexity index is 585. The number of halogens is 1. The van der Waals surface area contributed by atoms with E-state index in [2.05, 4.69) is 4.72 Å². The minimum absolute atomic E-state index is 0.136. The monoisotopic (exact) mass is 316 g/mol. The van der Waals surface area contributed by atoms with E-state index in [-0.39, 0.29) is 10.4 Å². The van der Waals surface area contributed by atoms with Crippen molar-refractivity contribution in [3.8, 4) is 0 Å². The van der Waals surface area contributed by atoms with Crippen LogP contribution in [0.3, 0.4) is 0 Å². The molecule has 6 heteroatoms. The van der Waals surface area contributed by atoms with Crippen LogP contribution in [-0.2, 0) is 10.0 Å². The highest BCUT2D eigenvalue weighted by molar-refractivity contribution is 7.89. The van der Waals surface area contributed by atoms with Crippen LogP contribution < -0.4 is 10.5 Å². The van der Waals surface area contributed by atoms with Gasteiger partial charge in [0.15, 0.2) is 0 Å². The van der Waals surface area contributed by atoms with Gasteiger partial charge in [0, 0.05) is 16.2 Å². The molecule has 3 N–H and O–H groups in total. The maximum absolute atomic E-state index is 12.5. The Balaban J connectivity index is 2.31. The summed E-state index contributed by atoms with van der Waals surface area (Å²) < 4.78 is 27.8. The number of sulfonamides is 1. The SMILES string of the molecule is Cc1c(N)cc(S(=O)(=O)NC2(C)CCCCC2)cc1Cl. The van der Waals surface area contributed by atoms with Crippen LogP contribution in [0.4, 0.5) is 5.69 Å². The molecule has 20 heavy (non-hydrogen) atoms. The fourth-order valence-corrected chi connectivity index (χ4v) is 4.46. The number of rotatable bonds is 3. The first-order valence-electron chi connectivity index (χ1n) is 6.83. The molecule has 0 spiro atoms. The average Bonchev–Trinajstić information content (AvgIpc) is 2.35. The molecule has 0 heterocycles. The minimum Gasteiger partial charge on any atom is -0.398 e. The van der Waals surface area contributed by atoms with E-state index in [1.54, 1.807) is 6.92 Å². The summed E-state index contributed by atoms with van der Waals surface area (Å²) in [4.78, 5) is 0.136. The van der Waals surface area contributed by atoms with E-state index >= 15 is 0 Å². The van der Waals surface area contributed by atoms with Crippen molar-refractivity contribution in [2.24, 2.45) is 0 Å². The van der Waals surface area contributed by atoms with Gasteiger partial charge >= 0.3 is 0 Å². The van der Waals surface area contributed by atoms with Crippen LogP contribution in [0.25, 0.3) is 0 Å². The first-order chi connectivity index (χ1) is 9.23. The molecule has 1 aromatic carbocycles. The van der Waals surface area contributed by atoms with Gasteiger partial charge in [0.05, 0.1) is 4.90 Å². The summed E-state index contributed by atoms with van der Waals surface area (Å²) in [7, 11) is -3.59. The lowest BCUT2D eigenvalue weighted by atomic mass is 9.84. The quantitative estimate of drug-likeness (QED) is 0.841. The van der Waals surface area contributed by atoms with Crippen LogP contribution in [0.15, 0.2) is 17.0 Å². The molecule has 1 aliphatic rings. The second-order valence-electron chi connectivity index (χ2n) is 5.85. The molecule has 112 valence electrons. The van der Waals surface area contributed by atoms with Crippen molar-refractivity contribution in [3.05, 3.63) is 22.7 Å². The van der Waals surface area contributed by atoms with E-state index in [1.165, 1.54) is 18.6 Å². The summed E-state index contributed by atoms with van der Waals surface area (Å²) in [6.45, 7) is 3.73. The number of nitrogens with one attached hydrogen (secondary N) is 1. The fourth-order valence-electron chi connectivity index (χ4n) is 2.65. The first-order valence-corrected chi connectivity index (χ1v) is 8.69. The third-order valence-corrected chi connectivity index (χ3v) is 6.02. The lowest BCUT2D eigenvalue weighted by molar-refractivity contribution is 0.294. The molecule has 2 rings (SSSR count). The van der Waals surface area contributed by atoms with Crippen LogP contribution in [0.5, 0.6) is 0 Å². The van der Waals surface area contributed by atoms with Gasteiger partial charge in [-0.1, -0.05) is 30.9 Å². The van der Waals surface area contributed by atoms with Crippen molar-refractivity contribution < 1.29 is 8.42 Å². The molecule has 0 radical (unpaired) electrons. The summed E-state index contributed by atoms with van der Waals surface area (Å²) in [5.41, 5.74) is 6.53. The Kier molecular flexibility index (Phi) is 4.33. The normalized spacial score (nSPS) is 18.9. The molecule has 0 bridgehead atoms. The summed E-state index contributed by atoms with van der Waals surface area (Å²) in [6.07, 6.45) is 4.99. The van der Waals surface area contributed by atoms with Gasteiger partial charge in [0.25, 0.3) is 0 Å². The van der Waals surface area contributed by atoms with Crippen molar-refractivity contribution in [1.29, 1.82) is 0 Å². The highest BCUT2D eigenvalue weighted by Crippen LogP contribution is 2.31. The molecule has 0 aliphatic heterocycles. The number of nitrogens with two attached hydrogens (primary N) is 1. The van der Waals surface area contributed by atoms with E-state index in [1.807, 2.05) is 6.92 Å². The van der Waals surface area contributed by atoms with Crippen molar-refractivity contribution >= 4 is 27.3 Å². The van der Waals surface area contributed by atoms with Gasteiger partial charge in [0.2, 0.25) is 10.0 Å². The van der Waals surface area contributed by atoms with E-state index in [0.717, 1.165) is 25.7 Å². The van der Waals surface area contributed by atoms with Gasteiger partial charge in [-0.25, -0.2) is 13.1 Å². The third kappa shape index (κ3) is 3.27. The number of hydrogen-bond donors (Lipinski definition) is 2. The molecule has 1 aliphatic carbocycles. The van der Waals surface area contributed by atoms with Crippen molar-refractivity contribution in [2.75, 3.05) is 5.73 Å². The largest absolute Gasteiger partial charge is 0.398 e. The molecule has 1 aromatic rings. The molecular formula is C14H21ClN2O2S. The number of anilines is 1. The van der Waals surface area contributed by atoms with E-state index < -0.39 is 10.0 Å². The lowest BCUT2D eigenvalue weighted by Gasteiger charge is -2.34. The third-order valence-electron chi connectivity index (χ3n) is 4.01. The van der Waals surface area contributed by atoms with Crippen LogP contribution >= 0.6 is 11.6 Å². The maximum Gasteiger partial charge on any atom is 0.241 e. The van der Waals surface area contributed by atoms with Gasteiger partial charge in [-0.15, -0.1) is 0 Å².